The summed E-state index contributed by atoms with van der Waals surface area (Å²) in [7, 11) is 0. The lowest BCUT2D eigenvalue weighted by molar-refractivity contribution is -0.117. The average molecular weight is 515 g/mol. The van der Waals surface area contributed by atoms with Crippen molar-refractivity contribution in [3.05, 3.63) is 70.4 Å². The fraction of sp³-hybridized carbons (Fsp3) is 0.346. The fourth-order valence-corrected chi connectivity index (χ4v) is 5.43. The Bertz CT molecular complexity index is 1270. The molecule has 2 aliphatic heterocycles. The van der Waals surface area contributed by atoms with Crippen molar-refractivity contribution >= 4 is 28.8 Å². The molecule has 36 heavy (non-hydrogen) atoms. The van der Waals surface area contributed by atoms with E-state index < -0.39 is 17.3 Å². The molecule has 5 rings (SSSR count). The topological polar surface area (TPSA) is 56.8 Å². The maximum atomic E-state index is 14.0. The molecule has 0 aliphatic carbocycles. The molecule has 6 nitrogen and oxygen atoms in total. The van der Waals surface area contributed by atoms with Crippen LogP contribution in [0.4, 0.5) is 18.9 Å². The average Bonchev–Trinajstić information content (AvgIpc) is 3.54. The molecule has 1 aromatic heterocycles. The Morgan fingerprint density at radius 3 is 2.53 bits per heavy atom. The highest BCUT2D eigenvalue weighted by Gasteiger charge is 2.36. The van der Waals surface area contributed by atoms with E-state index in [0.29, 0.717) is 67.9 Å². The van der Waals surface area contributed by atoms with Crippen LogP contribution >= 0.6 is 11.3 Å². The van der Waals surface area contributed by atoms with Gasteiger partial charge in [0.05, 0.1) is 5.56 Å². The first-order valence-corrected chi connectivity index (χ1v) is 12.6. The number of carbonyl (C=O) groups is 2. The number of hydrogen-bond acceptors (Lipinski definition) is 5. The number of alkyl halides is 2. The molecule has 2 saturated heterocycles. The van der Waals surface area contributed by atoms with Crippen LogP contribution in [0.15, 0.2) is 54.0 Å². The number of nitrogens with zero attached hydrogens (tertiary/aromatic N) is 4. The molecule has 10 heteroatoms. The predicted molar refractivity (Wildman–Crippen MR) is 132 cm³/mol. The number of halogens is 3. The molecule has 3 aromatic rings. The van der Waals surface area contributed by atoms with E-state index in [2.05, 4.69) is 9.88 Å². The number of rotatable bonds is 5. The summed E-state index contributed by atoms with van der Waals surface area (Å²) in [6.45, 7) is 3.67. The molecule has 2 aromatic carbocycles. The molecule has 0 spiro atoms. The highest BCUT2D eigenvalue weighted by molar-refractivity contribution is 7.11. The van der Waals surface area contributed by atoms with E-state index in [-0.39, 0.29) is 17.9 Å². The Kier molecular flexibility index (Phi) is 6.57. The van der Waals surface area contributed by atoms with Crippen molar-refractivity contribution in [3.8, 4) is 11.1 Å². The van der Waals surface area contributed by atoms with Crippen LogP contribution in [0.5, 0.6) is 0 Å². The second-order valence-corrected chi connectivity index (χ2v) is 10.1. The molecule has 0 bridgehead atoms. The predicted octanol–water partition coefficient (Wildman–Crippen LogP) is 4.62. The normalized spacial score (nSPS) is 19.2. The van der Waals surface area contributed by atoms with E-state index in [1.54, 1.807) is 39.6 Å². The smallest absolute Gasteiger partial charge is 0.282 e. The van der Waals surface area contributed by atoms with E-state index in [1.165, 1.54) is 17.4 Å². The molecule has 1 atom stereocenters. The number of hydrogen-bond donors (Lipinski definition) is 0. The van der Waals surface area contributed by atoms with Gasteiger partial charge in [-0.15, -0.1) is 11.3 Å². The summed E-state index contributed by atoms with van der Waals surface area (Å²) in [6, 6.07) is 10.8. The van der Waals surface area contributed by atoms with Gasteiger partial charge >= 0.3 is 0 Å². The molecule has 0 N–H and O–H groups in total. The van der Waals surface area contributed by atoms with Gasteiger partial charge in [-0.2, -0.15) is 0 Å². The molecule has 1 unspecified atom stereocenters. The van der Waals surface area contributed by atoms with Crippen molar-refractivity contribution in [3.63, 3.8) is 0 Å². The lowest BCUT2D eigenvalue weighted by Crippen LogP contribution is -2.52. The monoisotopic (exact) mass is 514 g/mol. The van der Waals surface area contributed by atoms with E-state index >= 15 is 0 Å². The number of thiazole rings is 1. The molecule has 0 radical (unpaired) electrons. The second kappa shape index (κ2) is 9.67. The quantitative estimate of drug-likeness (QED) is 0.499. The van der Waals surface area contributed by atoms with Crippen LogP contribution in [0.3, 0.4) is 0 Å². The molecule has 2 aliphatic rings. The van der Waals surface area contributed by atoms with Crippen LogP contribution in [0, 0.1) is 5.82 Å². The molecular weight excluding hydrogens is 489 g/mol. The van der Waals surface area contributed by atoms with Crippen molar-refractivity contribution in [1.29, 1.82) is 0 Å². The van der Waals surface area contributed by atoms with Crippen LogP contribution in [0.2, 0.25) is 0 Å². The Hall–Kier alpha value is -3.24. The zero-order chi connectivity index (χ0) is 25.4. The number of aromatic nitrogens is 1. The Morgan fingerprint density at radius 2 is 1.83 bits per heavy atom. The summed E-state index contributed by atoms with van der Waals surface area (Å²) in [5.74, 6) is -4.33. The minimum atomic E-state index is -3.30. The zero-order valence-electron chi connectivity index (χ0n) is 19.7. The van der Waals surface area contributed by atoms with Crippen molar-refractivity contribution in [2.24, 2.45) is 0 Å². The van der Waals surface area contributed by atoms with Crippen molar-refractivity contribution in [1.82, 2.24) is 14.8 Å². The summed E-state index contributed by atoms with van der Waals surface area (Å²) >= 11 is 1.33. The van der Waals surface area contributed by atoms with Gasteiger partial charge in [0, 0.05) is 69.4 Å². The molecule has 2 fully saturated rings. The number of benzene rings is 2. The van der Waals surface area contributed by atoms with Crippen LogP contribution in [0.1, 0.15) is 28.7 Å². The third-order valence-electron chi connectivity index (χ3n) is 6.77. The van der Waals surface area contributed by atoms with Gasteiger partial charge in [0.25, 0.3) is 11.8 Å². The highest BCUT2D eigenvalue weighted by atomic mass is 32.1. The maximum absolute atomic E-state index is 14.0. The van der Waals surface area contributed by atoms with Gasteiger partial charge < -0.3 is 9.80 Å². The minimum absolute atomic E-state index is 0.0154. The van der Waals surface area contributed by atoms with Crippen molar-refractivity contribution < 1.29 is 22.8 Å². The first kappa shape index (κ1) is 24.5. The summed E-state index contributed by atoms with van der Waals surface area (Å²) < 4.78 is 41.6. The number of anilines is 1. The first-order valence-electron chi connectivity index (χ1n) is 11.7. The van der Waals surface area contributed by atoms with Crippen molar-refractivity contribution in [2.45, 2.75) is 25.3 Å². The summed E-state index contributed by atoms with van der Waals surface area (Å²) in [6.07, 6.45) is 1.99. The molecule has 188 valence electrons. The highest BCUT2D eigenvalue weighted by Crippen LogP contribution is 2.34. The van der Waals surface area contributed by atoms with Gasteiger partial charge in [-0.05, 0) is 35.4 Å². The number of piperazine rings is 1. The summed E-state index contributed by atoms with van der Waals surface area (Å²) in [5.41, 5.74) is 1.10. The van der Waals surface area contributed by atoms with Crippen LogP contribution in [0.25, 0.3) is 11.1 Å². The summed E-state index contributed by atoms with van der Waals surface area (Å²) in [5, 5.41) is 2.27. The Labute approximate surface area is 211 Å². The summed E-state index contributed by atoms with van der Waals surface area (Å²) in [4.78, 5) is 35.3. The second-order valence-electron chi connectivity index (χ2n) is 9.16. The lowest BCUT2D eigenvalue weighted by Gasteiger charge is -2.37. The van der Waals surface area contributed by atoms with E-state index in [1.807, 2.05) is 6.07 Å². The van der Waals surface area contributed by atoms with Crippen LogP contribution in [-0.2, 0) is 10.7 Å². The van der Waals surface area contributed by atoms with Gasteiger partial charge in [0.15, 0.2) is 5.01 Å². The van der Waals surface area contributed by atoms with E-state index in [4.69, 9.17) is 0 Å². The molecule has 0 saturated carbocycles. The van der Waals surface area contributed by atoms with Gasteiger partial charge in [-0.25, -0.2) is 18.2 Å². The maximum Gasteiger partial charge on any atom is 0.282 e. The van der Waals surface area contributed by atoms with Crippen LogP contribution < -0.4 is 4.90 Å². The Balaban J connectivity index is 1.27. The van der Waals surface area contributed by atoms with E-state index in [0.717, 1.165) is 12.1 Å². The van der Waals surface area contributed by atoms with Gasteiger partial charge in [0.2, 0.25) is 5.91 Å². The number of amides is 2. The molecular formula is C26H25F3N4O2S. The van der Waals surface area contributed by atoms with Crippen LogP contribution in [-0.4, -0.2) is 65.4 Å². The number of carbonyl (C=O) groups excluding carboxylic acids is 2. The largest absolute Gasteiger partial charge is 0.334 e. The first-order chi connectivity index (χ1) is 17.2. The molecule has 2 amide bonds. The third-order valence-corrected chi connectivity index (χ3v) is 7.53. The van der Waals surface area contributed by atoms with Crippen molar-refractivity contribution in [2.75, 3.05) is 37.6 Å². The third kappa shape index (κ3) is 4.87. The van der Waals surface area contributed by atoms with E-state index in [9.17, 15) is 22.8 Å². The standard InChI is InChI=1S/C26H25F3N4O2S/c1-26(28,29)21-14-18(5-6-22(21)27)17-3-2-4-19(13-17)33-16-20(15-23(33)34)31-8-10-32(11-9-31)25(35)24-30-7-12-36-24/h2-7,12-14,20H,8-11,15-16H2,1H3. The minimum Gasteiger partial charge on any atom is -0.334 e. The zero-order valence-corrected chi connectivity index (χ0v) is 20.5. The fourth-order valence-electron chi connectivity index (χ4n) is 4.83. The SMILES string of the molecule is CC(F)(F)c1cc(-c2cccc(N3CC(N4CCN(C(=O)c5nccs5)CC4)CC3=O)c2)ccc1F. The van der Waals surface area contributed by atoms with Gasteiger partial charge in [0.1, 0.15) is 5.82 Å². The molecule has 3 heterocycles. The van der Waals surface area contributed by atoms with Gasteiger partial charge in [-0.1, -0.05) is 18.2 Å². The lowest BCUT2D eigenvalue weighted by atomic mass is 9.99. The Morgan fingerprint density at radius 1 is 1.08 bits per heavy atom. The van der Waals surface area contributed by atoms with Gasteiger partial charge in [-0.3, -0.25) is 14.5 Å².